The molecule has 0 unspecified atom stereocenters. The fourth-order valence-electron chi connectivity index (χ4n) is 2.38. The number of hydrogen-bond acceptors (Lipinski definition) is 6. The van der Waals surface area contributed by atoms with Crippen molar-refractivity contribution in [1.82, 2.24) is 9.71 Å². The molecule has 28 heavy (non-hydrogen) atoms. The van der Waals surface area contributed by atoms with E-state index in [9.17, 15) is 22.9 Å². The molecule has 2 aromatic carbocycles. The van der Waals surface area contributed by atoms with Crippen LogP contribution in [0.4, 0.5) is 10.1 Å². The van der Waals surface area contributed by atoms with E-state index in [4.69, 9.17) is 4.74 Å². The van der Waals surface area contributed by atoms with Crippen molar-refractivity contribution in [2.24, 2.45) is 0 Å². The monoisotopic (exact) mass is 403 g/mol. The highest BCUT2D eigenvalue weighted by atomic mass is 32.2. The Morgan fingerprint density at radius 1 is 1.11 bits per heavy atom. The summed E-state index contributed by atoms with van der Waals surface area (Å²) in [6.45, 7) is -0.229. The van der Waals surface area contributed by atoms with E-state index in [1.165, 1.54) is 36.5 Å². The van der Waals surface area contributed by atoms with Crippen LogP contribution in [0.3, 0.4) is 0 Å². The lowest BCUT2D eigenvalue weighted by atomic mass is 10.3. The van der Waals surface area contributed by atoms with Crippen molar-refractivity contribution in [3.63, 3.8) is 0 Å². The van der Waals surface area contributed by atoms with Gasteiger partial charge in [-0.3, -0.25) is 10.1 Å². The fourth-order valence-corrected chi connectivity index (χ4v) is 3.56. The van der Waals surface area contributed by atoms with Crippen LogP contribution in [0.2, 0.25) is 0 Å². The van der Waals surface area contributed by atoms with E-state index in [1.807, 2.05) is 0 Å². The molecule has 10 heteroatoms. The van der Waals surface area contributed by atoms with Gasteiger partial charge in [-0.25, -0.2) is 22.5 Å². The van der Waals surface area contributed by atoms with Gasteiger partial charge in [-0.15, -0.1) is 0 Å². The number of sulfonamides is 1. The van der Waals surface area contributed by atoms with Gasteiger partial charge in [0.1, 0.15) is 11.6 Å². The summed E-state index contributed by atoms with van der Waals surface area (Å²) >= 11 is 0. The van der Waals surface area contributed by atoms with Crippen molar-refractivity contribution in [3.05, 3.63) is 88.4 Å². The average Bonchev–Trinajstić information content (AvgIpc) is 2.67. The van der Waals surface area contributed by atoms with Crippen LogP contribution in [0.5, 0.6) is 11.6 Å². The number of nitro groups is 1. The standard InChI is InChI=1S/C18H14FN3O5S/c19-14-6-3-7-15(11-14)27-18-13(5-4-10-20-18)12-21-28(25,26)17-9-2-1-8-16(17)22(23)24/h1-11,21H,12H2. The maximum absolute atomic E-state index is 13.3. The molecule has 0 bridgehead atoms. The molecule has 3 aromatic rings. The second-order valence-electron chi connectivity index (χ2n) is 5.58. The number of rotatable bonds is 7. The number of pyridine rings is 1. The first kappa shape index (κ1) is 19.4. The smallest absolute Gasteiger partial charge is 0.289 e. The Bertz CT molecular complexity index is 1120. The third kappa shape index (κ3) is 4.48. The number of para-hydroxylation sites is 1. The lowest BCUT2D eigenvalue weighted by Gasteiger charge is -2.11. The molecule has 0 atom stereocenters. The van der Waals surface area contributed by atoms with Gasteiger partial charge in [-0.2, -0.15) is 0 Å². The van der Waals surface area contributed by atoms with Gasteiger partial charge in [0.15, 0.2) is 4.90 Å². The molecule has 0 aliphatic rings. The summed E-state index contributed by atoms with van der Waals surface area (Å²) in [5, 5.41) is 11.1. The molecule has 8 nitrogen and oxygen atoms in total. The van der Waals surface area contributed by atoms with Crippen LogP contribution in [-0.2, 0) is 16.6 Å². The zero-order valence-corrected chi connectivity index (χ0v) is 15.1. The quantitative estimate of drug-likeness (QED) is 0.478. The summed E-state index contributed by atoms with van der Waals surface area (Å²) in [5.41, 5.74) is -0.161. The SMILES string of the molecule is O=[N+]([O-])c1ccccc1S(=O)(=O)NCc1cccnc1Oc1cccc(F)c1. The number of aromatic nitrogens is 1. The van der Waals surface area contributed by atoms with E-state index in [0.717, 1.165) is 18.2 Å². The molecule has 0 amide bonds. The number of nitro benzene ring substituents is 1. The van der Waals surface area contributed by atoms with Crippen molar-refractivity contribution in [3.8, 4) is 11.6 Å². The Morgan fingerprint density at radius 3 is 2.64 bits per heavy atom. The van der Waals surface area contributed by atoms with Crippen molar-refractivity contribution in [2.45, 2.75) is 11.4 Å². The summed E-state index contributed by atoms with van der Waals surface area (Å²) in [4.78, 5) is 13.9. The number of halogens is 1. The van der Waals surface area contributed by atoms with Gasteiger partial charge in [0, 0.05) is 30.4 Å². The molecule has 0 fully saturated rings. The number of nitrogens with one attached hydrogen (secondary N) is 1. The predicted octanol–water partition coefficient (Wildman–Crippen LogP) is 3.40. The Labute approximate surface area is 159 Å². The van der Waals surface area contributed by atoms with E-state index >= 15 is 0 Å². The van der Waals surface area contributed by atoms with Crippen LogP contribution >= 0.6 is 0 Å². The third-order valence-electron chi connectivity index (χ3n) is 3.66. The molecule has 0 aliphatic carbocycles. The minimum atomic E-state index is -4.17. The third-order valence-corrected chi connectivity index (χ3v) is 5.11. The number of nitrogens with zero attached hydrogens (tertiary/aromatic N) is 2. The van der Waals surface area contributed by atoms with Crippen molar-refractivity contribution >= 4 is 15.7 Å². The zero-order chi connectivity index (χ0) is 20.1. The molecule has 1 aromatic heterocycles. The highest BCUT2D eigenvalue weighted by Gasteiger charge is 2.25. The van der Waals surface area contributed by atoms with Gasteiger partial charge in [0.05, 0.1) is 4.92 Å². The second-order valence-corrected chi connectivity index (χ2v) is 7.31. The second kappa shape index (κ2) is 8.11. The topological polar surface area (TPSA) is 111 Å². The van der Waals surface area contributed by atoms with Crippen LogP contribution in [0, 0.1) is 15.9 Å². The Balaban J connectivity index is 1.83. The number of hydrogen-bond donors (Lipinski definition) is 1. The molecule has 0 aliphatic heterocycles. The normalized spacial score (nSPS) is 11.2. The van der Waals surface area contributed by atoms with Crippen LogP contribution in [0.25, 0.3) is 0 Å². The van der Waals surface area contributed by atoms with Crippen LogP contribution < -0.4 is 9.46 Å². The van der Waals surface area contributed by atoms with Crippen LogP contribution in [0.15, 0.2) is 71.8 Å². The molecule has 0 radical (unpaired) electrons. The van der Waals surface area contributed by atoms with Gasteiger partial charge in [0.2, 0.25) is 15.9 Å². The fraction of sp³-hybridized carbons (Fsp3) is 0.0556. The van der Waals surface area contributed by atoms with E-state index in [2.05, 4.69) is 9.71 Å². The summed E-state index contributed by atoms with van der Waals surface area (Å²) in [6.07, 6.45) is 1.44. The molecule has 144 valence electrons. The van der Waals surface area contributed by atoms with Crippen LogP contribution in [0.1, 0.15) is 5.56 Å². The molecule has 0 saturated heterocycles. The largest absolute Gasteiger partial charge is 0.439 e. The van der Waals surface area contributed by atoms with E-state index in [1.54, 1.807) is 12.1 Å². The first-order valence-corrected chi connectivity index (χ1v) is 9.45. The molecule has 1 heterocycles. The first-order valence-electron chi connectivity index (χ1n) is 7.97. The lowest BCUT2D eigenvalue weighted by molar-refractivity contribution is -0.387. The Hall–Kier alpha value is -3.37. The summed E-state index contributed by atoms with van der Waals surface area (Å²) in [5.74, 6) is -0.216. The molecule has 0 spiro atoms. The number of benzene rings is 2. The molecule has 3 rings (SSSR count). The van der Waals surface area contributed by atoms with Gasteiger partial charge >= 0.3 is 0 Å². The first-order chi connectivity index (χ1) is 13.4. The predicted molar refractivity (Wildman–Crippen MR) is 97.8 cm³/mol. The van der Waals surface area contributed by atoms with Crippen molar-refractivity contribution in [1.29, 1.82) is 0 Å². The minimum absolute atomic E-state index is 0.0818. The van der Waals surface area contributed by atoms with Crippen molar-refractivity contribution < 1.29 is 22.5 Å². The maximum atomic E-state index is 13.3. The van der Waals surface area contributed by atoms with E-state index in [-0.39, 0.29) is 18.2 Å². The van der Waals surface area contributed by atoms with Gasteiger partial charge < -0.3 is 4.74 Å². The zero-order valence-electron chi connectivity index (χ0n) is 14.3. The van der Waals surface area contributed by atoms with Gasteiger partial charge in [-0.1, -0.05) is 24.3 Å². The Kier molecular flexibility index (Phi) is 5.62. The maximum Gasteiger partial charge on any atom is 0.289 e. The van der Waals surface area contributed by atoms with E-state index in [0.29, 0.717) is 5.56 Å². The summed E-state index contributed by atoms with van der Waals surface area (Å²) < 4.78 is 46.2. The average molecular weight is 403 g/mol. The van der Waals surface area contributed by atoms with Gasteiger partial charge in [0.25, 0.3) is 5.69 Å². The Morgan fingerprint density at radius 2 is 1.89 bits per heavy atom. The molecular weight excluding hydrogens is 389 g/mol. The van der Waals surface area contributed by atoms with Gasteiger partial charge in [-0.05, 0) is 24.3 Å². The van der Waals surface area contributed by atoms with Crippen LogP contribution in [-0.4, -0.2) is 18.3 Å². The highest BCUT2D eigenvalue weighted by Crippen LogP contribution is 2.25. The number of ether oxygens (including phenoxy) is 1. The summed E-state index contributed by atoms with van der Waals surface area (Å²) in [7, 11) is -4.17. The highest BCUT2D eigenvalue weighted by molar-refractivity contribution is 7.89. The lowest BCUT2D eigenvalue weighted by Crippen LogP contribution is -2.24. The molecule has 1 N–H and O–H groups in total. The van der Waals surface area contributed by atoms with Crippen molar-refractivity contribution in [2.75, 3.05) is 0 Å². The molecule has 0 saturated carbocycles. The summed E-state index contributed by atoms with van der Waals surface area (Å²) in [6, 6.07) is 13.6. The molecular formula is C18H14FN3O5S. The van der Waals surface area contributed by atoms with E-state index < -0.39 is 31.3 Å². The minimum Gasteiger partial charge on any atom is -0.439 e.